The zero-order valence-corrected chi connectivity index (χ0v) is 8.31. The van der Waals surface area contributed by atoms with Gasteiger partial charge in [0.05, 0.1) is 0 Å². The topological polar surface area (TPSA) is 24.1 Å². The van der Waals surface area contributed by atoms with Crippen molar-refractivity contribution in [3.8, 4) is 0 Å². The Morgan fingerprint density at radius 3 is 2.46 bits per heavy atom. The number of rotatable bonds is 3. The van der Waals surface area contributed by atoms with Crippen molar-refractivity contribution < 1.29 is 0 Å². The Morgan fingerprint density at radius 2 is 2.00 bits per heavy atom. The van der Waals surface area contributed by atoms with Crippen molar-refractivity contribution in [3.63, 3.8) is 0 Å². The summed E-state index contributed by atoms with van der Waals surface area (Å²) in [4.78, 5) is 0. The summed E-state index contributed by atoms with van der Waals surface area (Å²) in [6.07, 6.45) is 7.31. The molecule has 1 heterocycles. The van der Waals surface area contributed by atoms with Crippen molar-refractivity contribution in [1.82, 2.24) is 10.6 Å². The first kappa shape index (κ1) is 8.25. The standard InChI is InChI=1S/C11H20N2/c1-2-9(3-1)6-13-10-4-11(5-10)7-12-8-11/h9-10,12-13H,1-8H2. The average Bonchev–Trinajstić information content (AvgIpc) is 1.85. The molecule has 0 radical (unpaired) electrons. The molecule has 1 saturated heterocycles. The second-order valence-corrected chi connectivity index (χ2v) is 5.41. The van der Waals surface area contributed by atoms with Crippen LogP contribution in [0.4, 0.5) is 0 Å². The molecule has 0 atom stereocenters. The molecule has 3 rings (SSSR count). The van der Waals surface area contributed by atoms with E-state index in [1.165, 1.54) is 51.7 Å². The van der Waals surface area contributed by atoms with Gasteiger partial charge in [0.25, 0.3) is 0 Å². The molecule has 2 nitrogen and oxygen atoms in total. The van der Waals surface area contributed by atoms with Gasteiger partial charge in [-0.25, -0.2) is 0 Å². The van der Waals surface area contributed by atoms with Crippen LogP contribution in [-0.2, 0) is 0 Å². The Balaban J connectivity index is 1.34. The summed E-state index contributed by atoms with van der Waals surface area (Å²) in [5.74, 6) is 1.02. The van der Waals surface area contributed by atoms with E-state index in [9.17, 15) is 0 Å². The molecule has 74 valence electrons. The molecule has 2 heteroatoms. The lowest BCUT2D eigenvalue weighted by Crippen LogP contribution is -2.64. The third-order valence-electron chi connectivity index (χ3n) is 4.28. The van der Waals surface area contributed by atoms with Crippen LogP contribution in [-0.4, -0.2) is 25.7 Å². The van der Waals surface area contributed by atoms with E-state index in [0.717, 1.165) is 17.4 Å². The molecule has 2 N–H and O–H groups in total. The molecule has 0 aromatic carbocycles. The second-order valence-electron chi connectivity index (χ2n) is 5.41. The van der Waals surface area contributed by atoms with E-state index >= 15 is 0 Å². The van der Waals surface area contributed by atoms with E-state index in [0.29, 0.717) is 0 Å². The molecule has 0 amide bonds. The maximum Gasteiger partial charge on any atom is 0.00796 e. The fraction of sp³-hybridized carbons (Fsp3) is 1.00. The van der Waals surface area contributed by atoms with E-state index in [4.69, 9.17) is 0 Å². The van der Waals surface area contributed by atoms with Gasteiger partial charge in [-0.3, -0.25) is 0 Å². The van der Waals surface area contributed by atoms with Crippen LogP contribution in [0, 0.1) is 11.3 Å². The minimum Gasteiger partial charge on any atom is -0.316 e. The molecule has 0 aromatic heterocycles. The van der Waals surface area contributed by atoms with Gasteiger partial charge in [-0.2, -0.15) is 0 Å². The summed E-state index contributed by atoms with van der Waals surface area (Å²) in [7, 11) is 0. The van der Waals surface area contributed by atoms with Gasteiger partial charge in [-0.15, -0.1) is 0 Å². The summed E-state index contributed by atoms with van der Waals surface area (Å²) in [5.41, 5.74) is 0.747. The molecule has 2 aliphatic carbocycles. The van der Waals surface area contributed by atoms with Crippen molar-refractivity contribution in [1.29, 1.82) is 0 Å². The summed E-state index contributed by atoms with van der Waals surface area (Å²) in [5, 5.41) is 7.10. The van der Waals surface area contributed by atoms with Gasteiger partial charge in [0.15, 0.2) is 0 Å². The van der Waals surface area contributed by atoms with E-state index < -0.39 is 0 Å². The second kappa shape index (κ2) is 2.96. The zero-order chi connectivity index (χ0) is 8.73. The third-order valence-corrected chi connectivity index (χ3v) is 4.28. The molecule has 2 saturated carbocycles. The summed E-state index contributed by atoms with van der Waals surface area (Å²) >= 11 is 0. The minimum absolute atomic E-state index is 0.747. The SMILES string of the molecule is C1CC(CNC2CC3(CNC3)C2)C1. The van der Waals surface area contributed by atoms with Crippen molar-refractivity contribution >= 4 is 0 Å². The average molecular weight is 180 g/mol. The summed E-state index contributed by atoms with van der Waals surface area (Å²) in [6, 6.07) is 0.864. The lowest BCUT2D eigenvalue weighted by molar-refractivity contribution is 0.0206. The van der Waals surface area contributed by atoms with Crippen molar-refractivity contribution in [3.05, 3.63) is 0 Å². The van der Waals surface area contributed by atoms with Crippen LogP contribution in [0.2, 0.25) is 0 Å². The fourth-order valence-electron chi connectivity index (χ4n) is 2.93. The Labute approximate surface area is 80.5 Å². The molecule has 3 aliphatic rings. The van der Waals surface area contributed by atoms with Gasteiger partial charge in [0.1, 0.15) is 0 Å². The first-order valence-corrected chi connectivity index (χ1v) is 5.80. The van der Waals surface area contributed by atoms with Crippen molar-refractivity contribution in [2.24, 2.45) is 11.3 Å². The molecule has 1 aliphatic heterocycles. The van der Waals surface area contributed by atoms with Gasteiger partial charge in [0.2, 0.25) is 0 Å². The Kier molecular flexibility index (Phi) is 1.88. The minimum atomic E-state index is 0.747. The Morgan fingerprint density at radius 1 is 1.23 bits per heavy atom. The normalized spacial score (nSPS) is 32.3. The molecule has 0 unspecified atom stereocenters. The lowest BCUT2D eigenvalue weighted by Gasteiger charge is -2.55. The van der Waals surface area contributed by atoms with Gasteiger partial charge in [0, 0.05) is 19.1 Å². The predicted octanol–water partition coefficient (Wildman–Crippen LogP) is 1.13. The maximum atomic E-state index is 3.72. The van der Waals surface area contributed by atoms with Crippen molar-refractivity contribution in [2.75, 3.05) is 19.6 Å². The number of hydrogen-bond donors (Lipinski definition) is 2. The van der Waals surface area contributed by atoms with E-state index in [-0.39, 0.29) is 0 Å². The van der Waals surface area contributed by atoms with E-state index in [1.807, 2.05) is 0 Å². The first-order valence-electron chi connectivity index (χ1n) is 5.80. The fourth-order valence-corrected chi connectivity index (χ4v) is 2.93. The molecule has 13 heavy (non-hydrogen) atoms. The number of nitrogens with one attached hydrogen (secondary N) is 2. The highest BCUT2D eigenvalue weighted by Crippen LogP contribution is 2.44. The van der Waals surface area contributed by atoms with Crippen LogP contribution in [0.3, 0.4) is 0 Å². The quantitative estimate of drug-likeness (QED) is 0.680. The molecule has 0 aromatic rings. The van der Waals surface area contributed by atoms with Gasteiger partial charge < -0.3 is 10.6 Å². The van der Waals surface area contributed by atoms with Crippen LogP contribution >= 0.6 is 0 Å². The van der Waals surface area contributed by atoms with Crippen molar-refractivity contribution in [2.45, 2.75) is 38.1 Å². The third kappa shape index (κ3) is 1.40. The van der Waals surface area contributed by atoms with E-state index in [2.05, 4.69) is 10.6 Å². The Bertz CT molecular complexity index is 186. The van der Waals surface area contributed by atoms with Crippen LogP contribution in [0.25, 0.3) is 0 Å². The number of hydrogen-bond acceptors (Lipinski definition) is 2. The molecular formula is C11H20N2. The highest BCUT2D eigenvalue weighted by Gasteiger charge is 2.48. The van der Waals surface area contributed by atoms with Gasteiger partial charge >= 0.3 is 0 Å². The summed E-state index contributed by atoms with van der Waals surface area (Å²) in [6.45, 7) is 3.87. The highest BCUT2D eigenvalue weighted by molar-refractivity contribution is 5.05. The molecule has 0 bridgehead atoms. The molecule has 1 spiro atoms. The lowest BCUT2D eigenvalue weighted by atomic mass is 9.61. The largest absolute Gasteiger partial charge is 0.316 e. The van der Waals surface area contributed by atoms with Gasteiger partial charge in [-0.05, 0) is 43.6 Å². The van der Waals surface area contributed by atoms with Crippen LogP contribution in [0.1, 0.15) is 32.1 Å². The van der Waals surface area contributed by atoms with E-state index in [1.54, 1.807) is 0 Å². The zero-order valence-electron chi connectivity index (χ0n) is 8.31. The summed E-state index contributed by atoms with van der Waals surface area (Å²) < 4.78 is 0. The molecular weight excluding hydrogens is 160 g/mol. The van der Waals surface area contributed by atoms with Crippen LogP contribution < -0.4 is 10.6 Å². The van der Waals surface area contributed by atoms with Gasteiger partial charge in [-0.1, -0.05) is 6.42 Å². The van der Waals surface area contributed by atoms with Crippen LogP contribution in [0.5, 0.6) is 0 Å². The first-order chi connectivity index (χ1) is 6.36. The molecule has 3 fully saturated rings. The van der Waals surface area contributed by atoms with Crippen LogP contribution in [0.15, 0.2) is 0 Å². The predicted molar refractivity (Wildman–Crippen MR) is 53.7 cm³/mol. The monoisotopic (exact) mass is 180 g/mol. The Hall–Kier alpha value is -0.0800. The smallest absolute Gasteiger partial charge is 0.00796 e. The maximum absolute atomic E-state index is 3.72. The highest BCUT2D eigenvalue weighted by atomic mass is 15.0.